The summed E-state index contributed by atoms with van der Waals surface area (Å²) in [5, 5.41) is 4.52. The first kappa shape index (κ1) is 23.5. The quantitative estimate of drug-likeness (QED) is 0.378. The zero-order valence-electron chi connectivity index (χ0n) is 16.8. The summed E-state index contributed by atoms with van der Waals surface area (Å²) in [5.74, 6) is 0.0670. The van der Waals surface area contributed by atoms with Gasteiger partial charge < -0.3 is 14.6 Å². The Morgan fingerprint density at radius 2 is 1.63 bits per heavy atom. The molecule has 4 aliphatic rings. The lowest BCUT2D eigenvalue weighted by Crippen LogP contribution is -2.52. The van der Waals surface area contributed by atoms with Crippen LogP contribution in [0.3, 0.4) is 0 Å². The number of carbonyl (C=O) groups excluding carboxylic acids is 2. The molecule has 4 saturated carbocycles. The molecular formula is C19H28F2O8S. The molecule has 0 aromatic heterocycles. The van der Waals surface area contributed by atoms with Crippen LogP contribution in [0.4, 0.5) is 8.78 Å². The van der Waals surface area contributed by atoms with Crippen molar-refractivity contribution < 1.29 is 45.9 Å². The van der Waals surface area contributed by atoms with Gasteiger partial charge in [0.15, 0.2) is 5.78 Å². The van der Waals surface area contributed by atoms with Gasteiger partial charge in [0, 0.05) is 6.42 Å². The van der Waals surface area contributed by atoms with E-state index >= 15 is 0 Å². The first-order valence-electron chi connectivity index (χ1n) is 10.1. The second-order valence-electron chi connectivity index (χ2n) is 9.28. The van der Waals surface area contributed by atoms with Crippen molar-refractivity contribution in [3.05, 3.63) is 0 Å². The van der Waals surface area contributed by atoms with Crippen molar-refractivity contribution in [2.45, 2.75) is 56.8 Å². The van der Waals surface area contributed by atoms with Crippen molar-refractivity contribution in [2.24, 2.45) is 29.1 Å². The lowest BCUT2D eigenvalue weighted by molar-refractivity contribution is -0.165. The highest BCUT2D eigenvalue weighted by atomic mass is 32.2. The van der Waals surface area contributed by atoms with E-state index in [2.05, 4.69) is 11.7 Å². The number of esters is 1. The van der Waals surface area contributed by atoms with Crippen LogP contribution in [-0.4, -0.2) is 61.0 Å². The van der Waals surface area contributed by atoms with Crippen LogP contribution in [0.25, 0.3) is 0 Å². The van der Waals surface area contributed by atoms with Gasteiger partial charge in [0.05, 0.1) is 6.61 Å². The summed E-state index contributed by atoms with van der Waals surface area (Å²) >= 11 is 0. The van der Waals surface area contributed by atoms with Crippen LogP contribution < -0.4 is 0 Å². The number of alkyl halides is 2. The minimum atomic E-state index is -5.97. The molecule has 0 aromatic carbocycles. The maximum Gasteiger partial charge on any atom is 0.465 e. The molecule has 0 heterocycles. The van der Waals surface area contributed by atoms with Crippen molar-refractivity contribution in [3.8, 4) is 0 Å². The predicted octanol–water partition coefficient (Wildman–Crippen LogP) is 1.81. The number of rotatable bonds is 10. The van der Waals surface area contributed by atoms with E-state index < -0.39 is 40.7 Å². The van der Waals surface area contributed by atoms with Gasteiger partial charge >= 0.3 is 21.3 Å². The Bertz CT molecular complexity index is 753. The maximum atomic E-state index is 13.0. The number of aliphatic hydroxyl groups is 1. The molecule has 4 bridgehead atoms. The largest absolute Gasteiger partial charge is 0.465 e. The van der Waals surface area contributed by atoms with Gasteiger partial charge in [0.1, 0.15) is 19.3 Å². The lowest BCUT2D eigenvalue weighted by atomic mass is 9.45. The maximum absolute atomic E-state index is 13.0. The van der Waals surface area contributed by atoms with Crippen molar-refractivity contribution in [2.75, 3.05) is 19.8 Å². The molecule has 172 valence electrons. The Morgan fingerprint density at radius 1 is 1.10 bits per heavy atom. The smallest absolute Gasteiger partial charge is 0.457 e. The number of aliphatic hydroxyl groups excluding tert-OH is 1. The van der Waals surface area contributed by atoms with Gasteiger partial charge in [-0.1, -0.05) is 6.92 Å². The molecule has 0 spiro atoms. The Labute approximate surface area is 174 Å². The summed E-state index contributed by atoms with van der Waals surface area (Å²) in [6.07, 6.45) is 4.89. The van der Waals surface area contributed by atoms with Gasteiger partial charge in [-0.15, -0.1) is 0 Å². The number of carbonyl (C=O) groups is 2. The van der Waals surface area contributed by atoms with E-state index in [0.717, 1.165) is 11.8 Å². The third-order valence-corrected chi connectivity index (χ3v) is 7.94. The van der Waals surface area contributed by atoms with E-state index in [9.17, 15) is 31.9 Å². The van der Waals surface area contributed by atoms with Crippen LogP contribution >= 0.6 is 0 Å². The number of ether oxygens (including phenoxy) is 2. The highest BCUT2D eigenvalue weighted by Crippen LogP contribution is 2.63. The Kier molecular flexibility index (Phi) is 6.58. The SMILES string of the molecule is CC1(CC(=O)COCC(O)COC(=O)C(F)(F)S(=O)(=O)O)C2CC3CC(C2)CC1C3. The van der Waals surface area contributed by atoms with E-state index in [1.165, 1.54) is 32.1 Å². The third-order valence-electron chi connectivity index (χ3n) is 7.12. The summed E-state index contributed by atoms with van der Waals surface area (Å²) in [4.78, 5) is 23.5. The van der Waals surface area contributed by atoms with E-state index in [1.807, 2.05) is 0 Å². The fourth-order valence-corrected chi connectivity index (χ4v) is 6.01. The number of Topliss-reactive ketones (excluding diaryl/α,β-unsaturated/α-hetero) is 1. The molecule has 4 fully saturated rings. The van der Waals surface area contributed by atoms with Crippen LogP contribution in [-0.2, 0) is 29.2 Å². The summed E-state index contributed by atoms with van der Waals surface area (Å²) in [7, 11) is -5.97. The summed E-state index contributed by atoms with van der Waals surface area (Å²) in [6.45, 7) is 0.503. The molecule has 0 radical (unpaired) electrons. The molecule has 0 saturated heterocycles. The van der Waals surface area contributed by atoms with Crippen molar-refractivity contribution in [3.63, 3.8) is 0 Å². The fourth-order valence-electron chi connectivity index (χ4n) is 5.74. The molecule has 4 aliphatic carbocycles. The highest BCUT2D eigenvalue weighted by molar-refractivity contribution is 7.87. The van der Waals surface area contributed by atoms with Crippen LogP contribution in [0.1, 0.15) is 45.4 Å². The van der Waals surface area contributed by atoms with Crippen molar-refractivity contribution >= 4 is 21.9 Å². The zero-order chi connectivity index (χ0) is 22.3. The summed E-state index contributed by atoms with van der Waals surface area (Å²) in [6, 6.07) is 0. The molecule has 4 rings (SSSR count). The lowest BCUT2D eigenvalue weighted by Gasteiger charge is -2.60. The fraction of sp³-hybridized carbons (Fsp3) is 0.895. The topological polar surface area (TPSA) is 127 Å². The molecule has 0 amide bonds. The number of hydrogen-bond acceptors (Lipinski definition) is 7. The Hall–Kier alpha value is -1.17. The number of halogens is 2. The number of hydrogen-bond donors (Lipinski definition) is 2. The van der Waals surface area contributed by atoms with E-state index in [0.29, 0.717) is 18.3 Å². The third kappa shape index (κ3) is 4.68. The summed E-state index contributed by atoms with van der Waals surface area (Å²) < 4.78 is 64.4. The molecule has 1 unspecified atom stereocenters. The van der Waals surface area contributed by atoms with Gasteiger partial charge in [-0.05, 0) is 61.2 Å². The van der Waals surface area contributed by atoms with Gasteiger partial charge in [-0.2, -0.15) is 17.2 Å². The average Bonchev–Trinajstić information content (AvgIpc) is 2.62. The predicted molar refractivity (Wildman–Crippen MR) is 99.1 cm³/mol. The first-order valence-corrected chi connectivity index (χ1v) is 11.6. The summed E-state index contributed by atoms with van der Waals surface area (Å²) in [5.41, 5.74) is -0.0383. The molecule has 1 atom stereocenters. The molecular weight excluding hydrogens is 426 g/mol. The van der Waals surface area contributed by atoms with Crippen LogP contribution in [0.15, 0.2) is 0 Å². The average molecular weight is 454 g/mol. The van der Waals surface area contributed by atoms with Crippen LogP contribution in [0.2, 0.25) is 0 Å². The van der Waals surface area contributed by atoms with Gasteiger partial charge in [0.25, 0.3) is 0 Å². The van der Waals surface area contributed by atoms with E-state index in [4.69, 9.17) is 9.29 Å². The zero-order valence-corrected chi connectivity index (χ0v) is 17.6. The first-order chi connectivity index (χ1) is 13.8. The van der Waals surface area contributed by atoms with Crippen molar-refractivity contribution in [1.29, 1.82) is 0 Å². The van der Waals surface area contributed by atoms with E-state index in [1.54, 1.807) is 0 Å². The number of ketones is 1. The minimum Gasteiger partial charge on any atom is -0.457 e. The second kappa shape index (κ2) is 8.40. The van der Waals surface area contributed by atoms with Crippen LogP contribution in [0.5, 0.6) is 0 Å². The molecule has 0 aromatic rings. The van der Waals surface area contributed by atoms with Gasteiger partial charge in [0.2, 0.25) is 0 Å². The highest BCUT2D eigenvalue weighted by Gasteiger charge is 2.55. The Morgan fingerprint density at radius 3 is 2.13 bits per heavy atom. The molecule has 8 nitrogen and oxygen atoms in total. The Balaban J connectivity index is 1.39. The molecule has 11 heteroatoms. The van der Waals surface area contributed by atoms with E-state index in [-0.39, 0.29) is 17.8 Å². The van der Waals surface area contributed by atoms with Gasteiger partial charge in [-0.25, -0.2) is 4.79 Å². The van der Waals surface area contributed by atoms with Crippen molar-refractivity contribution in [1.82, 2.24) is 0 Å². The molecule has 30 heavy (non-hydrogen) atoms. The molecule has 2 N–H and O–H groups in total. The van der Waals surface area contributed by atoms with Gasteiger partial charge in [-0.3, -0.25) is 9.35 Å². The normalized spacial score (nSPS) is 34.0. The molecule has 0 aliphatic heterocycles. The minimum absolute atomic E-state index is 0.0383. The van der Waals surface area contributed by atoms with Crippen LogP contribution in [0, 0.1) is 29.1 Å². The monoisotopic (exact) mass is 454 g/mol. The standard InChI is InChI=1S/C19H28F2O8S/c1-18(13-3-11-2-12(5-13)6-14(18)4-11)7-15(22)8-28-9-16(23)10-29-17(24)19(20,21)30(25,26)27/h11-14,16,23H,2-10H2,1H3,(H,25,26,27). The second-order valence-corrected chi connectivity index (χ2v) is 10.7.